The Bertz CT molecular complexity index is 817. The zero-order valence-corrected chi connectivity index (χ0v) is 18.0. The van der Waals surface area contributed by atoms with Crippen molar-refractivity contribution in [3.8, 4) is 11.5 Å². The predicted molar refractivity (Wildman–Crippen MR) is 121 cm³/mol. The number of aliphatic hydroxyl groups is 1. The van der Waals surface area contributed by atoms with Gasteiger partial charge in [-0.05, 0) is 48.9 Å². The van der Waals surface area contributed by atoms with E-state index < -0.39 is 6.10 Å². The number of hydrogen-bond acceptors (Lipinski definition) is 5. The van der Waals surface area contributed by atoms with Gasteiger partial charge >= 0.3 is 0 Å². The monoisotopic (exact) mass is 412 g/mol. The van der Waals surface area contributed by atoms with Gasteiger partial charge in [-0.1, -0.05) is 12.1 Å². The molecule has 1 unspecified atom stereocenters. The molecule has 1 aliphatic heterocycles. The average Bonchev–Trinajstić information content (AvgIpc) is 2.81. The van der Waals surface area contributed by atoms with Crippen LogP contribution in [0.1, 0.15) is 18.6 Å². The number of anilines is 1. The lowest BCUT2D eigenvalue weighted by atomic mass is 10.1. The highest BCUT2D eigenvalue weighted by Crippen LogP contribution is 2.21. The fourth-order valence-electron chi connectivity index (χ4n) is 3.52. The van der Waals surface area contributed by atoms with E-state index in [-0.39, 0.29) is 0 Å². The van der Waals surface area contributed by atoms with Crippen molar-refractivity contribution < 1.29 is 14.6 Å². The van der Waals surface area contributed by atoms with Crippen molar-refractivity contribution >= 4 is 11.6 Å². The number of aliphatic imine (C=N–C) groups is 1. The number of benzene rings is 2. The van der Waals surface area contributed by atoms with Gasteiger partial charge in [0.05, 0.1) is 26.9 Å². The van der Waals surface area contributed by atoms with E-state index in [1.165, 1.54) is 5.69 Å². The van der Waals surface area contributed by atoms with Gasteiger partial charge in [-0.2, -0.15) is 0 Å². The minimum absolute atomic E-state index is 0.300. The van der Waals surface area contributed by atoms with Crippen molar-refractivity contribution in [2.75, 3.05) is 58.4 Å². The first-order valence-electron chi connectivity index (χ1n) is 10.4. The summed E-state index contributed by atoms with van der Waals surface area (Å²) in [7, 11) is 3.30. The minimum Gasteiger partial charge on any atom is -0.497 e. The zero-order chi connectivity index (χ0) is 21.3. The lowest BCUT2D eigenvalue weighted by molar-refractivity contribution is 0.186. The van der Waals surface area contributed by atoms with Gasteiger partial charge in [0, 0.05) is 38.4 Å². The van der Waals surface area contributed by atoms with Crippen LogP contribution in [0, 0.1) is 0 Å². The topological polar surface area (TPSA) is 69.6 Å². The van der Waals surface area contributed by atoms with Crippen molar-refractivity contribution in [2.45, 2.75) is 13.0 Å². The van der Waals surface area contributed by atoms with E-state index >= 15 is 0 Å². The first-order chi connectivity index (χ1) is 14.6. The Labute approximate surface area is 178 Å². The second kappa shape index (κ2) is 10.7. The molecule has 1 fully saturated rings. The third kappa shape index (κ3) is 5.57. The molecule has 2 aromatic carbocycles. The van der Waals surface area contributed by atoms with Crippen LogP contribution in [0.25, 0.3) is 0 Å². The van der Waals surface area contributed by atoms with E-state index in [2.05, 4.69) is 34.2 Å². The molecule has 7 nitrogen and oxygen atoms in total. The van der Waals surface area contributed by atoms with Gasteiger partial charge in [0.15, 0.2) is 5.96 Å². The second-order valence-electron chi connectivity index (χ2n) is 7.16. The molecule has 0 bridgehead atoms. The smallest absolute Gasteiger partial charge is 0.194 e. The molecule has 30 heavy (non-hydrogen) atoms. The lowest BCUT2D eigenvalue weighted by Gasteiger charge is -2.37. The molecule has 0 spiro atoms. The molecule has 2 N–H and O–H groups in total. The highest BCUT2D eigenvalue weighted by atomic mass is 16.5. The van der Waals surface area contributed by atoms with Crippen LogP contribution in [-0.2, 0) is 0 Å². The molecule has 2 aromatic rings. The molecule has 0 aromatic heterocycles. The number of aliphatic hydroxyl groups excluding tert-OH is 1. The summed E-state index contributed by atoms with van der Waals surface area (Å²) in [5.74, 6) is 2.44. The maximum Gasteiger partial charge on any atom is 0.194 e. The average molecular weight is 413 g/mol. The number of piperazine rings is 1. The van der Waals surface area contributed by atoms with Gasteiger partial charge < -0.3 is 29.7 Å². The summed E-state index contributed by atoms with van der Waals surface area (Å²) in [5.41, 5.74) is 2.00. The standard InChI is InChI=1S/C23H32N4O3/c1-4-24-23(25-17-22(28)18-6-5-7-21(16-18)30-3)27-14-12-26(13-15-27)19-8-10-20(29-2)11-9-19/h5-11,16,22,28H,4,12-15,17H2,1-3H3,(H,24,25). The van der Waals surface area contributed by atoms with E-state index in [1.54, 1.807) is 14.2 Å². The van der Waals surface area contributed by atoms with Gasteiger partial charge in [0.25, 0.3) is 0 Å². The summed E-state index contributed by atoms with van der Waals surface area (Å²) in [5, 5.41) is 13.9. The number of nitrogens with one attached hydrogen (secondary N) is 1. The Balaban J connectivity index is 1.60. The Morgan fingerprint density at radius 1 is 1.03 bits per heavy atom. The van der Waals surface area contributed by atoms with Crippen molar-refractivity contribution in [3.63, 3.8) is 0 Å². The third-order valence-electron chi connectivity index (χ3n) is 5.24. The van der Waals surface area contributed by atoms with E-state index in [1.807, 2.05) is 36.4 Å². The summed E-state index contributed by atoms with van der Waals surface area (Å²) in [6.07, 6.45) is -0.672. The first kappa shape index (κ1) is 21.8. The van der Waals surface area contributed by atoms with E-state index in [0.717, 1.165) is 55.7 Å². The van der Waals surface area contributed by atoms with Crippen LogP contribution in [-0.4, -0.2) is 69.5 Å². The maximum absolute atomic E-state index is 10.6. The number of rotatable bonds is 7. The van der Waals surface area contributed by atoms with Crippen LogP contribution in [0.15, 0.2) is 53.5 Å². The molecule has 162 valence electrons. The van der Waals surface area contributed by atoms with Gasteiger partial charge in [0.2, 0.25) is 0 Å². The Morgan fingerprint density at radius 3 is 2.37 bits per heavy atom. The maximum atomic E-state index is 10.6. The van der Waals surface area contributed by atoms with Crippen LogP contribution in [0.4, 0.5) is 5.69 Å². The number of hydrogen-bond donors (Lipinski definition) is 2. The second-order valence-corrected chi connectivity index (χ2v) is 7.16. The van der Waals surface area contributed by atoms with Gasteiger partial charge in [0.1, 0.15) is 11.5 Å². The van der Waals surface area contributed by atoms with E-state index in [9.17, 15) is 5.11 Å². The molecule has 1 aliphatic rings. The molecule has 0 aliphatic carbocycles. The van der Waals surface area contributed by atoms with Crippen LogP contribution in [0.3, 0.4) is 0 Å². The summed E-state index contributed by atoms with van der Waals surface area (Å²) in [6.45, 7) is 6.70. The predicted octanol–water partition coefficient (Wildman–Crippen LogP) is 2.52. The number of nitrogens with zero attached hydrogens (tertiary/aromatic N) is 3. The van der Waals surface area contributed by atoms with Crippen molar-refractivity contribution in [3.05, 3.63) is 54.1 Å². The van der Waals surface area contributed by atoms with Gasteiger partial charge in [-0.15, -0.1) is 0 Å². The Kier molecular flexibility index (Phi) is 7.79. The summed E-state index contributed by atoms with van der Waals surface area (Å²) in [4.78, 5) is 9.31. The third-order valence-corrected chi connectivity index (χ3v) is 5.24. The number of guanidine groups is 1. The molecule has 7 heteroatoms. The van der Waals surface area contributed by atoms with E-state index in [4.69, 9.17) is 14.5 Å². The molecule has 3 rings (SSSR count). The molecular weight excluding hydrogens is 380 g/mol. The van der Waals surface area contributed by atoms with Crippen LogP contribution in [0.2, 0.25) is 0 Å². The SMILES string of the molecule is CCNC(=NCC(O)c1cccc(OC)c1)N1CCN(c2ccc(OC)cc2)CC1. The fourth-order valence-corrected chi connectivity index (χ4v) is 3.52. The highest BCUT2D eigenvalue weighted by molar-refractivity contribution is 5.80. The summed E-state index contributed by atoms with van der Waals surface area (Å²) < 4.78 is 10.5. The Morgan fingerprint density at radius 2 is 1.73 bits per heavy atom. The van der Waals surface area contributed by atoms with Crippen molar-refractivity contribution in [2.24, 2.45) is 4.99 Å². The lowest BCUT2D eigenvalue weighted by Crippen LogP contribution is -2.52. The Hall–Kier alpha value is -2.93. The molecule has 1 atom stereocenters. The fraction of sp³-hybridized carbons (Fsp3) is 0.435. The first-order valence-corrected chi connectivity index (χ1v) is 10.4. The molecule has 1 saturated heterocycles. The number of methoxy groups -OCH3 is 2. The highest BCUT2D eigenvalue weighted by Gasteiger charge is 2.20. The molecule has 0 radical (unpaired) electrons. The summed E-state index contributed by atoms with van der Waals surface area (Å²) in [6, 6.07) is 15.7. The van der Waals surface area contributed by atoms with Crippen LogP contribution in [0.5, 0.6) is 11.5 Å². The van der Waals surface area contributed by atoms with Crippen molar-refractivity contribution in [1.29, 1.82) is 0 Å². The summed E-state index contributed by atoms with van der Waals surface area (Å²) >= 11 is 0. The molecular formula is C23H32N4O3. The normalized spacial score (nSPS) is 15.7. The van der Waals surface area contributed by atoms with Gasteiger partial charge in [-0.3, -0.25) is 4.99 Å². The van der Waals surface area contributed by atoms with Crippen LogP contribution >= 0.6 is 0 Å². The molecule has 1 heterocycles. The quantitative estimate of drug-likeness (QED) is 0.538. The van der Waals surface area contributed by atoms with Gasteiger partial charge in [-0.25, -0.2) is 0 Å². The molecule has 0 saturated carbocycles. The van der Waals surface area contributed by atoms with E-state index in [0.29, 0.717) is 6.54 Å². The number of ether oxygens (including phenoxy) is 2. The molecule has 0 amide bonds. The largest absolute Gasteiger partial charge is 0.497 e. The minimum atomic E-state index is -0.672. The van der Waals surface area contributed by atoms with Crippen molar-refractivity contribution in [1.82, 2.24) is 10.2 Å². The zero-order valence-electron chi connectivity index (χ0n) is 18.0. The van der Waals surface area contributed by atoms with Crippen LogP contribution < -0.4 is 19.7 Å².